The molecule has 0 aromatic heterocycles. The molecular formula is C13H19NO. The first-order valence-electron chi connectivity index (χ1n) is 5.64. The van der Waals surface area contributed by atoms with Gasteiger partial charge in [0.25, 0.3) is 0 Å². The van der Waals surface area contributed by atoms with Gasteiger partial charge >= 0.3 is 0 Å². The number of hydrogen-bond acceptors (Lipinski definition) is 2. The molecule has 0 bridgehead atoms. The van der Waals surface area contributed by atoms with E-state index in [0.717, 1.165) is 5.75 Å². The number of ether oxygens (including phenoxy) is 1. The zero-order chi connectivity index (χ0) is 11.0. The maximum atomic E-state index is 5.60. The fourth-order valence-electron chi connectivity index (χ4n) is 1.94. The molecule has 2 unspecified atom stereocenters. The summed E-state index contributed by atoms with van der Waals surface area (Å²) in [4.78, 5) is 2.40. The molecule has 0 amide bonds. The van der Waals surface area contributed by atoms with Crippen molar-refractivity contribution in [1.82, 2.24) is 0 Å². The molecule has 82 valence electrons. The lowest BCUT2D eigenvalue weighted by molar-refractivity contribution is 0.242. The highest BCUT2D eigenvalue weighted by molar-refractivity contribution is 5.57. The number of benzene rings is 1. The molecule has 1 heterocycles. The summed E-state index contributed by atoms with van der Waals surface area (Å²) in [5, 5.41) is 0. The van der Waals surface area contributed by atoms with Gasteiger partial charge < -0.3 is 9.64 Å². The van der Waals surface area contributed by atoms with Crippen LogP contribution in [0.2, 0.25) is 0 Å². The molecule has 0 N–H and O–H groups in total. The lowest BCUT2D eigenvalue weighted by Crippen LogP contribution is -2.05. The first-order valence-corrected chi connectivity index (χ1v) is 5.64. The minimum absolute atomic E-state index is 0.245. The summed E-state index contributed by atoms with van der Waals surface area (Å²) in [5.74, 6) is 0.955. The summed E-state index contributed by atoms with van der Waals surface area (Å²) in [5.41, 5.74) is 1.30. The Morgan fingerprint density at radius 3 is 2.00 bits per heavy atom. The maximum absolute atomic E-state index is 5.60. The van der Waals surface area contributed by atoms with Gasteiger partial charge in [0.1, 0.15) is 5.75 Å². The molecule has 1 fully saturated rings. The summed E-state index contributed by atoms with van der Waals surface area (Å²) >= 11 is 0. The Morgan fingerprint density at radius 2 is 1.60 bits per heavy atom. The fourth-order valence-corrected chi connectivity index (χ4v) is 1.94. The molecule has 1 aromatic rings. The quantitative estimate of drug-likeness (QED) is 0.703. The van der Waals surface area contributed by atoms with Crippen LogP contribution in [-0.2, 0) is 0 Å². The second kappa shape index (κ2) is 3.76. The third kappa shape index (κ3) is 2.09. The van der Waals surface area contributed by atoms with Crippen LogP contribution in [0.1, 0.15) is 27.7 Å². The van der Waals surface area contributed by atoms with Gasteiger partial charge in [-0.1, -0.05) is 0 Å². The van der Waals surface area contributed by atoms with Crippen LogP contribution in [0.5, 0.6) is 5.75 Å². The van der Waals surface area contributed by atoms with Gasteiger partial charge in [-0.3, -0.25) is 0 Å². The lowest BCUT2D eigenvalue weighted by Gasteiger charge is -2.11. The molecule has 2 nitrogen and oxygen atoms in total. The number of rotatable bonds is 3. The zero-order valence-corrected chi connectivity index (χ0v) is 9.90. The van der Waals surface area contributed by atoms with Crippen molar-refractivity contribution in [3.8, 4) is 5.75 Å². The minimum Gasteiger partial charge on any atom is -0.491 e. The highest BCUT2D eigenvalue weighted by Crippen LogP contribution is 2.35. The van der Waals surface area contributed by atoms with E-state index >= 15 is 0 Å². The predicted molar refractivity (Wildman–Crippen MR) is 63.6 cm³/mol. The Bertz CT molecular complexity index is 323. The van der Waals surface area contributed by atoms with Gasteiger partial charge in [0, 0.05) is 17.8 Å². The van der Waals surface area contributed by atoms with Crippen LogP contribution >= 0.6 is 0 Å². The van der Waals surface area contributed by atoms with E-state index in [1.54, 1.807) is 0 Å². The molecule has 1 aliphatic rings. The molecular weight excluding hydrogens is 186 g/mol. The number of hydrogen-bond donors (Lipinski definition) is 0. The van der Waals surface area contributed by atoms with Gasteiger partial charge in [0.15, 0.2) is 0 Å². The van der Waals surface area contributed by atoms with E-state index in [2.05, 4.69) is 30.9 Å². The highest BCUT2D eigenvalue weighted by Gasteiger charge is 2.39. The van der Waals surface area contributed by atoms with E-state index < -0.39 is 0 Å². The SMILES string of the molecule is CC(C)Oc1ccc(N2C(C)C2C)cc1. The van der Waals surface area contributed by atoms with E-state index in [9.17, 15) is 0 Å². The monoisotopic (exact) mass is 205 g/mol. The average Bonchev–Trinajstić information content (AvgIpc) is 2.75. The van der Waals surface area contributed by atoms with E-state index in [1.165, 1.54) is 5.69 Å². The third-order valence-corrected chi connectivity index (χ3v) is 2.99. The Kier molecular flexibility index (Phi) is 2.59. The van der Waals surface area contributed by atoms with Crippen LogP contribution in [0, 0.1) is 0 Å². The van der Waals surface area contributed by atoms with Crippen molar-refractivity contribution in [3.63, 3.8) is 0 Å². The molecule has 0 radical (unpaired) electrons. The molecule has 1 saturated heterocycles. The van der Waals surface area contributed by atoms with Crippen molar-refractivity contribution in [3.05, 3.63) is 24.3 Å². The van der Waals surface area contributed by atoms with Crippen molar-refractivity contribution < 1.29 is 4.74 Å². The normalized spacial score (nSPS) is 24.5. The van der Waals surface area contributed by atoms with Crippen LogP contribution < -0.4 is 9.64 Å². The second-order valence-electron chi connectivity index (χ2n) is 4.55. The van der Waals surface area contributed by atoms with Gasteiger partial charge in [-0.25, -0.2) is 0 Å². The summed E-state index contributed by atoms with van der Waals surface area (Å²) in [7, 11) is 0. The molecule has 0 saturated carbocycles. The van der Waals surface area contributed by atoms with E-state index in [4.69, 9.17) is 4.74 Å². The van der Waals surface area contributed by atoms with E-state index in [1.807, 2.05) is 26.0 Å². The lowest BCUT2D eigenvalue weighted by atomic mass is 10.3. The van der Waals surface area contributed by atoms with Crippen LogP contribution in [-0.4, -0.2) is 18.2 Å². The molecule has 2 heteroatoms. The summed E-state index contributed by atoms with van der Waals surface area (Å²) < 4.78 is 5.60. The first-order chi connectivity index (χ1) is 7.09. The molecule has 2 rings (SSSR count). The molecule has 0 spiro atoms. The van der Waals surface area contributed by atoms with Gasteiger partial charge in [-0.15, -0.1) is 0 Å². The second-order valence-corrected chi connectivity index (χ2v) is 4.55. The van der Waals surface area contributed by atoms with Gasteiger partial charge in [-0.2, -0.15) is 0 Å². The molecule has 1 aromatic carbocycles. The topological polar surface area (TPSA) is 12.2 Å². The third-order valence-electron chi connectivity index (χ3n) is 2.99. The van der Waals surface area contributed by atoms with Crippen LogP contribution in [0.15, 0.2) is 24.3 Å². The largest absolute Gasteiger partial charge is 0.491 e. The summed E-state index contributed by atoms with van der Waals surface area (Å²) in [6.07, 6.45) is 0.245. The van der Waals surface area contributed by atoms with Crippen molar-refractivity contribution >= 4 is 5.69 Å². The Morgan fingerprint density at radius 1 is 1.07 bits per heavy atom. The van der Waals surface area contributed by atoms with E-state index in [-0.39, 0.29) is 6.10 Å². The Labute approximate surface area is 91.9 Å². The number of nitrogens with zero attached hydrogens (tertiary/aromatic N) is 1. The van der Waals surface area contributed by atoms with Crippen LogP contribution in [0.25, 0.3) is 0 Å². The van der Waals surface area contributed by atoms with E-state index in [0.29, 0.717) is 12.1 Å². The first kappa shape index (κ1) is 10.3. The summed E-state index contributed by atoms with van der Waals surface area (Å²) in [6.45, 7) is 8.59. The van der Waals surface area contributed by atoms with Gasteiger partial charge in [0.05, 0.1) is 6.10 Å². The predicted octanol–water partition coefficient (Wildman–Crippen LogP) is 3.07. The van der Waals surface area contributed by atoms with Gasteiger partial charge in [-0.05, 0) is 52.0 Å². The Balaban J connectivity index is 2.05. The molecule has 2 atom stereocenters. The van der Waals surface area contributed by atoms with Gasteiger partial charge in [0.2, 0.25) is 0 Å². The van der Waals surface area contributed by atoms with Crippen molar-refractivity contribution in [2.24, 2.45) is 0 Å². The molecule has 15 heavy (non-hydrogen) atoms. The maximum Gasteiger partial charge on any atom is 0.119 e. The summed E-state index contributed by atoms with van der Waals surface area (Å²) in [6, 6.07) is 9.74. The zero-order valence-electron chi connectivity index (χ0n) is 9.90. The van der Waals surface area contributed by atoms with Crippen LogP contribution in [0.4, 0.5) is 5.69 Å². The number of anilines is 1. The Hall–Kier alpha value is -1.18. The minimum atomic E-state index is 0.245. The van der Waals surface area contributed by atoms with Crippen molar-refractivity contribution in [1.29, 1.82) is 0 Å². The smallest absolute Gasteiger partial charge is 0.119 e. The fraction of sp³-hybridized carbons (Fsp3) is 0.538. The highest BCUT2D eigenvalue weighted by atomic mass is 16.5. The average molecular weight is 205 g/mol. The standard InChI is InChI=1S/C13H19NO/c1-9(2)15-13-7-5-12(6-8-13)14-10(3)11(14)4/h5-11H,1-4H3. The van der Waals surface area contributed by atoms with Crippen molar-refractivity contribution in [2.75, 3.05) is 4.90 Å². The molecule has 1 aliphatic heterocycles. The van der Waals surface area contributed by atoms with Crippen molar-refractivity contribution in [2.45, 2.75) is 45.9 Å². The van der Waals surface area contributed by atoms with Crippen LogP contribution in [0.3, 0.4) is 0 Å². The molecule has 0 aliphatic carbocycles.